The summed E-state index contributed by atoms with van der Waals surface area (Å²) in [6.45, 7) is 1.69. The van der Waals surface area contributed by atoms with Crippen LogP contribution in [0.3, 0.4) is 0 Å². The lowest BCUT2D eigenvalue weighted by molar-refractivity contribution is -0.122. The third kappa shape index (κ3) is 1.83. The van der Waals surface area contributed by atoms with Crippen molar-refractivity contribution in [3.05, 3.63) is 23.8 Å². The van der Waals surface area contributed by atoms with Crippen molar-refractivity contribution in [3.63, 3.8) is 0 Å². The van der Waals surface area contributed by atoms with Crippen LogP contribution in [0.15, 0.2) is 18.2 Å². The van der Waals surface area contributed by atoms with Gasteiger partial charge in [-0.3, -0.25) is 4.79 Å². The minimum Gasteiger partial charge on any atom is -0.479 e. The molecule has 0 saturated carbocycles. The monoisotopic (exact) mass is 205 g/mol. The molecule has 1 aromatic rings. The number of benzene rings is 1. The number of amides is 1. The van der Waals surface area contributed by atoms with E-state index in [2.05, 4.69) is 5.32 Å². The van der Waals surface area contributed by atoms with Gasteiger partial charge in [0.15, 0.2) is 6.10 Å². The van der Waals surface area contributed by atoms with Crippen molar-refractivity contribution >= 4 is 17.9 Å². The van der Waals surface area contributed by atoms with Crippen LogP contribution >= 0.6 is 0 Å². The highest BCUT2D eigenvalue weighted by atomic mass is 16.5. The van der Waals surface area contributed by atoms with Crippen LogP contribution in [0.2, 0.25) is 0 Å². The van der Waals surface area contributed by atoms with Crippen LogP contribution in [-0.4, -0.2) is 18.3 Å². The summed E-state index contributed by atoms with van der Waals surface area (Å²) < 4.78 is 5.38. The number of hydrogen-bond donors (Lipinski definition) is 1. The minimum atomic E-state index is -0.463. The van der Waals surface area contributed by atoms with Gasteiger partial charge in [0.25, 0.3) is 5.91 Å². The summed E-state index contributed by atoms with van der Waals surface area (Å²) in [5.41, 5.74) is 1.50. The number of ether oxygens (including phenoxy) is 1. The van der Waals surface area contributed by atoms with E-state index in [1.54, 1.807) is 19.1 Å². The molecule has 78 valence electrons. The van der Waals surface area contributed by atoms with E-state index in [-0.39, 0.29) is 5.91 Å². The van der Waals surface area contributed by atoms with Crippen molar-refractivity contribution in [3.8, 4) is 5.75 Å². The number of rotatable bonds is 2. The average molecular weight is 205 g/mol. The Morgan fingerprint density at radius 3 is 3.07 bits per heavy atom. The van der Waals surface area contributed by atoms with Crippen LogP contribution in [-0.2, 0) is 16.0 Å². The molecule has 0 aromatic heterocycles. The van der Waals surface area contributed by atoms with Crippen molar-refractivity contribution in [2.24, 2.45) is 0 Å². The summed E-state index contributed by atoms with van der Waals surface area (Å²) >= 11 is 0. The van der Waals surface area contributed by atoms with E-state index >= 15 is 0 Å². The Hall–Kier alpha value is -1.84. The summed E-state index contributed by atoms with van der Waals surface area (Å²) in [6.07, 6.45) is 0.712. The van der Waals surface area contributed by atoms with Gasteiger partial charge in [0.05, 0.1) is 5.69 Å². The van der Waals surface area contributed by atoms with Crippen molar-refractivity contribution in [2.75, 3.05) is 5.32 Å². The van der Waals surface area contributed by atoms with E-state index < -0.39 is 6.10 Å². The van der Waals surface area contributed by atoms with Crippen LogP contribution in [0, 0.1) is 0 Å². The Kier molecular flexibility index (Phi) is 2.41. The van der Waals surface area contributed by atoms with Crippen LogP contribution in [0.5, 0.6) is 5.75 Å². The first-order chi connectivity index (χ1) is 7.20. The molecule has 15 heavy (non-hydrogen) atoms. The second kappa shape index (κ2) is 3.73. The van der Waals surface area contributed by atoms with Gasteiger partial charge >= 0.3 is 0 Å². The predicted octanol–water partition coefficient (Wildman–Crippen LogP) is 1.15. The largest absolute Gasteiger partial charge is 0.479 e. The summed E-state index contributed by atoms with van der Waals surface area (Å²) in [7, 11) is 0. The van der Waals surface area contributed by atoms with Crippen molar-refractivity contribution in [1.82, 2.24) is 0 Å². The lowest BCUT2D eigenvalue weighted by atomic mass is 10.1. The molecule has 1 unspecified atom stereocenters. The molecule has 4 heteroatoms. The Labute approximate surface area is 87.2 Å². The molecular weight excluding hydrogens is 194 g/mol. The molecule has 1 atom stereocenters. The van der Waals surface area contributed by atoms with E-state index in [0.717, 1.165) is 11.8 Å². The van der Waals surface area contributed by atoms with E-state index in [1.807, 2.05) is 6.07 Å². The summed E-state index contributed by atoms with van der Waals surface area (Å²) in [4.78, 5) is 21.7. The Morgan fingerprint density at radius 1 is 1.53 bits per heavy atom. The number of hydrogen-bond acceptors (Lipinski definition) is 3. The molecular formula is C11H11NO3. The fourth-order valence-corrected chi connectivity index (χ4v) is 1.48. The highest BCUT2D eigenvalue weighted by Crippen LogP contribution is 2.30. The smallest absolute Gasteiger partial charge is 0.265 e. The second-order valence-electron chi connectivity index (χ2n) is 3.45. The summed E-state index contributed by atoms with van der Waals surface area (Å²) in [5, 5.41) is 2.73. The number of fused-ring (bicyclic) bond motifs is 1. The Balaban J connectivity index is 2.32. The SMILES string of the molecule is CC1Oc2ccc(CC=O)cc2NC1=O. The number of anilines is 1. The summed E-state index contributed by atoms with van der Waals surface area (Å²) in [5.74, 6) is 0.488. The van der Waals surface area contributed by atoms with E-state index in [9.17, 15) is 9.59 Å². The minimum absolute atomic E-state index is 0.161. The molecule has 2 rings (SSSR count). The third-order valence-corrected chi connectivity index (χ3v) is 2.29. The van der Waals surface area contributed by atoms with Crippen LogP contribution < -0.4 is 10.1 Å². The van der Waals surface area contributed by atoms with Gasteiger partial charge in [0, 0.05) is 6.42 Å². The highest BCUT2D eigenvalue weighted by Gasteiger charge is 2.23. The van der Waals surface area contributed by atoms with E-state index in [4.69, 9.17) is 4.74 Å². The molecule has 0 saturated heterocycles. The molecule has 0 fully saturated rings. The molecule has 1 N–H and O–H groups in total. The molecule has 0 spiro atoms. The zero-order chi connectivity index (χ0) is 10.8. The van der Waals surface area contributed by atoms with Crippen molar-refractivity contribution < 1.29 is 14.3 Å². The van der Waals surface area contributed by atoms with Gasteiger partial charge in [-0.05, 0) is 24.6 Å². The van der Waals surface area contributed by atoms with Crippen LogP contribution in [0.4, 0.5) is 5.69 Å². The number of aldehydes is 1. The maximum absolute atomic E-state index is 11.3. The molecule has 1 amide bonds. The molecule has 1 heterocycles. The molecule has 0 radical (unpaired) electrons. The fraction of sp³-hybridized carbons (Fsp3) is 0.273. The zero-order valence-corrected chi connectivity index (χ0v) is 8.32. The average Bonchev–Trinajstić information content (AvgIpc) is 2.21. The molecule has 0 bridgehead atoms. The van der Waals surface area contributed by atoms with E-state index in [1.165, 1.54) is 0 Å². The normalized spacial score (nSPS) is 18.7. The maximum Gasteiger partial charge on any atom is 0.265 e. The topological polar surface area (TPSA) is 55.4 Å². The lowest BCUT2D eigenvalue weighted by Crippen LogP contribution is -2.34. The number of carbonyl (C=O) groups is 2. The van der Waals surface area contributed by atoms with Gasteiger partial charge in [-0.25, -0.2) is 0 Å². The highest BCUT2D eigenvalue weighted by molar-refractivity contribution is 5.97. The van der Waals surface area contributed by atoms with Gasteiger partial charge in [-0.15, -0.1) is 0 Å². The van der Waals surface area contributed by atoms with Crippen LogP contribution in [0.25, 0.3) is 0 Å². The third-order valence-electron chi connectivity index (χ3n) is 2.29. The first-order valence-electron chi connectivity index (χ1n) is 4.75. The Morgan fingerprint density at radius 2 is 2.33 bits per heavy atom. The first kappa shape index (κ1) is 9.71. The van der Waals surface area contributed by atoms with E-state index in [0.29, 0.717) is 17.9 Å². The molecule has 1 aromatic carbocycles. The molecule has 1 aliphatic rings. The number of nitrogens with one attached hydrogen (secondary N) is 1. The van der Waals surface area contributed by atoms with Gasteiger partial charge in [0.1, 0.15) is 12.0 Å². The predicted molar refractivity (Wildman–Crippen MR) is 54.9 cm³/mol. The lowest BCUT2D eigenvalue weighted by Gasteiger charge is -2.23. The molecule has 4 nitrogen and oxygen atoms in total. The van der Waals surface area contributed by atoms with Crippen molar-refractivity contribution in [2.45, 2.75) is 19.4 Å². The second-order valence-corrected chi connectivity index (χ2v) is 3.45. The quantitative estimate of drug-likeness (QED) is 0.737. The summed E-state index contributed by atoms with van der Waals surface area (Å²) in [6, 6.07) is 5.34. The fourth-order valence-electron chi connectivity index (χ4n) is 1.48. The van der Waals surface area contributed by atoms with Gasteiger partial charge in [-0.2, -0.15) is 0 Å². The van der Waals surface area contributed by atoms with Crippen molar-refractivity contribution in [1.29, 1.82) is 0 Å². The van der Waals surface area contributed by atoms with Gasteiger partial charge in [-0.1, -0.05) is 6.07 Å². The maximum atomic E-state index is 11.3. The zero-order valence-electron chi connectivity index (χ0n) is 8.32. The first-order valence-corrected chi connectivity index (χ1v) is 4.75. The standard InChI is InChI=1S/C11H11NO3/c1-7-11(14)12-9-6-8(4-5-13)2-3-10(9)15-7/h2-3,5-7H,4H2,1H3,(H,12,14). The van der Waals surface area contributed by atoms with Gasteiger partial charge < -0.3 is 14.8 Å². The molecule has 1 aliphatic heterocycles. The number of carbonyl (C=O) groups excluding carboxylic acids is 2. The van der Waals surface area contributed by atoms with Crippen LogP contribution in [0.1, 0.15) is 12.5 Å². The molecule has 0 aliphatic carbocycles. The Bertz CT molecular complexity index is 414. The van der Waals surface area contributed by atoms with Gasteiger partial charge in [0.2, 0.25) is 0 Å².